The van der Waals surface area contributed by atoms with Gasteiger partial charge < -0.3 is 5.73 Å². The average Bonchev–Trinajstić information content (AvgIpc) is 2.43. The van der Waals surface area contributed by atoms with Gasteiger partial charge in [0.25, 0.3) is 0 Å². The zero-order valence-corrected chi connectivity index (χ0v) is 12.5. The topological polar surface area (TPSA) is 29.3 Å². The lowest BCUT2D eigenvalue weighted by Crippen LogP contribution is -2.18. The second-order valence-electron chi connectivity index (χ2n) is 4.99. The van der Waals surface area contributed by atoms with Crippen molar-refractivity contribution in [2.24, 2.45) is 5.73 Å². The average molecular weight is 306 g/mol. The molecule has 0 radical (unpaired) electrons. The van der Waals surface area contributed by atoms with Crippen LogP contribution in [-0.2, 0) is 13.1 Å². The van der Waals surface area contributed by atoms with Gasteiger partial charge >= 0.3 is 0 Å². The molecule has 2 nitrogen and oxygen atoms in total. The molecule has 5 heteroatoms. The molecule has 110 valence electrons. The van der Waals surface area contributed by atoms with Crippen molar-refractivity contribution in [1.82, 2.24) is 4.90 Å². The van der Waals surface area contributed by atoms with Gasteiger partial charge in [-0.3, -0.25) is 4.90 Å². The number of rotatable bonds is 5. The molecule has 0 fully saturated rings. The highest BCUT2D eigenvalue weighted by Crippen LogP contribution is 2.13. The van der Waals surface area contributed by atoms with Crippen LogP contribution < -0.4 is 5.73 Å². The van der Waals surface area contributed by atoms with E-state index < -0.39 is 11.6 Å². The molecule has 2 aromatic rings. The molecule has 0 aliphatic rings. The highest BCUT2D eigenvalue weighted by Gasteiger charge is 2.06. The zero-order chi connectivity index (χ0) is 15.4. The number of nitrogens with two attached hydrogens (primary N) is 1. The van der Waals surface area contributed by atoms with Crippen LogP contribution in [0.1, 0.15) is 16.7 Å². The van der Waals surface area contributed by atoms with E-state index in [1.54, 1.807) is 6.07 Å². The third kappa shape index (κ3) is 4.31. The maximum absolute atomic E-state index is 13.2. The van der Waals surface area contributed by atoms with E-state index in [4.69, 9.17) is 18.0 Å². The van der Waals surface area contributed by atoms with Crippen LogP contribution in [0, 0.1) is 11.6 Å². The van der Waals surface area contributed by atoms with Crippen molar-refractivity contribution in [2.45, 2.75) is 13.1 Å². The molecule has 0 heterocycles. The lowest BCUT2D eigenvalue weighted by Gasteiger charge is -2.17. The van der Waals surface area contributed by atoms with Gasteiger partial charge in [-0.05, 0) is 36.4 Å². The molecule has 0 aliphatic carbocycles. The third-order valence-corrected chi connectivity index (χ3v) is 3.34. The van der Waals surface area contributed by atoms with Gasteiger partial charge in [-0.2, -0.15) is 0 Å². The van der Waals surface area contributed by atoms with Crippen LogP contribution in [0.3, 0.4) is 0 Å². The van der Waals surface area contributed by atoms with Gasteiger partial charge in [0.2, 0.25) is 0 Å². The minimum absolute atomic E-state index is 0.361. The summed E-state index contributed by atoms with van der Waals surface area (Å²) in [5, 5.41) is 0. The first-order chi connectivity index (χ1) is 9.95. The van der Waals surface area contributed by atoms with Crippen molar-refractivity contribution in [1.29, 1.82) is 0 Å². The van der Waals surface area contributed by atoms with Crippen LogP contribution in [0.4, 0.5) is 8.78 Å². The second-order valence-corrected chi connectivity index (χ2v) is 5.43. The van der Waals surface area contributed by atoms with Crippen molar-refractivity contribution in [3.05, 3.63) is 70.8 Å². The molecule has 0 bridgehead atoms. The summed E-state index contributed by atoms with van der Waals surface area (Å²) >= 11 is 4.95. The number of hydrogen-bond donors (Lipinski definition) is 1. The Bertz CT molecular complexity index is 658. The lowest BCUT2D eigenvalue weighted by molar-refractivity contribution is 0.318. The maximum Gasteiger partial charge on any atom is 0.159 e. The summed E-state index contributed by atoms with van der Waals surface area (Å²) in [5.41, 5.74) is 8.22. The van der Waals surface area contributed by atoms with E-state index in [2.05, 4.69) is 0 Å². The predicted octanol–water partition coefficient (Wildman–Crippen LogP) is 3.23. The van der Waals surface area contributed by atoms with Gasteiger partial charge in [0, 0.05) is 18.7 Å². The van der Waals surface area contributed by atoms with E-state index in [-0.39, 0.29) is 0 Å². The number of hydrogen-bond acceptors (Lipinski definition) is 2. The molecule has 0 unspecified atom stereocenters. The van der Waals surface area contributed by atoms with Crippen molar-refractivity contribution in [3.63, 3.8) is 0 Å². The summed E-state index contributed by atoms with van der Waals surface area (Å²) in [4.78, 5) is 2.37. The summed E-state index contributed by atoms with van der Waals surface area (Å²) < 4.78 is 26.1. The highest BCUT2D eigenvalue weighted by atomic mass is 32.1. The third-order valence-electron chi connectivity index (χ3n) is 3.10. The monoisotopic (exact) mass is 306 g/mol. The Hall–Kier alpha value is -1.85. The normalized spacial score (nSPS) is 10.9. The molecule has 0 atom stereocenters. The summed E-state index contributed by atoms with van der Waals surface area (Å²) in [5.74, 6) is -1.65. The number of benzene rings is 2. The van der Waals surface area contributed by atoms with E-state index in [0.717, 1.165) is 22.8 Å². The molecule has 0 aliphatic heterocycles. The van der Waals surface area contributed by atoms with Gasteiger partial charge in [-0.1, -0.05) is 36.5 Å². The molecule has 2 rings (SSSR count). The quantitative estimate of drug-likeness (QED) is 0.860. The molecule has 2 aromatic carbocycles. The van der Waals surface area contributed by atoms with Gasteiger partial charge in [-0.15, -0.1) is 0 Å². The smallest absolute Gasteiger partial charge is 0.159 e. The van der Waals surface area contributed by atoms with Crippen LogP contribution in [0.15, 0.2) is 42.5 Å². The predicted molar refractivity (Wildman–Crippen MR) is 83.9 cm³/mol. The van der Waals surface area contributed by atoms with Gasteiger partial charge in [0.15, 0.2) is 11.6 Å². The Balaban J connectivity index is 2.04. The Labute approximate surface area is 128 Å². The van der Waals surface area contributed by atoms with E-state index in [1.165, 1.54) is 6.07 Å². The van der Waals surface area contributed by atoms with Crippen molar-refractivity contribution in [2.75, 3.05) is 7.05 Å². The number of halogens is 2. The van der Waals surface area contributed by atoms with Gasteiger partial charge in [0.05, 0.1) is 0 Å². The summed E-state index contributed by atoms with van der Waals surface area (Å²) in [6, 6.07) is 11.6. The first-order valence-electron chi connectivity index (χ1n) is 6.47. The van der Waals surface area contributed by atoms with Gasteiger partial charge in [-0.25, -0.2) is 8.78 Å². The van der Waals surface area contributed by atoms with E-state index in [9.17, 15) is 8.78 Å². The number of thiocarbonyl (C=S) groups is 1. The van der Waals surface area contributed by atoms with E-state index in [0.29, 0.717) is 18.1 Å². The van der Waals surface area contributed by atoms with Crippen molar-refractivity contribution < 1.29 is 8.78 Å². The van der Waals surface area contributed by atoms with Crippen LogP contribution in [-0.4, -0.2) is 16.9 Å². The van der Waals surface area contributed by atoms with E-state index >= 15 is 0 Å². The molecule has 0 amide bonds. The zero-order valence-electron chi connectivity index (χ0n) is 11.6. The fraction of sp³-hybridized carbons (Fsp3) is 0.188. The standard InChI is InChI=1S/C16H16F2N2S/c1-20(10-12-5-6-14(17)15(18)8-12)9-11-3-2-4-13(7-11)16(19)21/h2-8H,9-10H2,1H3,(H2,19,21). The molecule has 0 saturated heterocycles. The summed E-state index contributed by atoms with van der Waals surface area (Å²) in [6.45, 7) is 1.18. The molecular formula is C16H16F2N2S. The minimum atomic E-state index is -0.828. The minimum Gasteiger partial charge on any atom is -0.389 e. The summed E-state index contributed by atoms with van der Waals surface area (Å²) in [6.07, 6.45) is 0. The first kappa shape index (κ1) is 15.5. The van der Waals surface area contributed by atoms with Crippen LogP contribution >= 0.6 is 12.2 Å². The highest BCUT2D eigenvalue weighted by molar-refractivity contribution is 7.80. The van der Waals surface area contributed by atoms with Crippen molar-refractivity contribution in [3.8, 4) is 0 Å². The Morgan fingerprint density at radius 2 is 1.71 bits per heavy atom. The SMILES string of the molecule is CN(Cc1cccc(C(N)=S)c1)Cc1ccc(F)c(F)c1. The molecule has 0 aromatic heterocycles. The fourth-order valence-corrected chi connectivity index (χ4v) is 2.27. The summed E-state index contributed by atoms with van der Waals surface area (Å²) in [7, 11) is 1.91. The van der Waals surface area contributed by atoms with Crippen LogP contribution in [0.5, 0.6) is 0 Å². The lowest BCUT2D eigenvalue weighted by atomic mass is 10.1. The first-order valence-corrected chi connectivity index (χ1v) is 6.88. The second kappa shape index (κ2) is 6.74. The fourth-order valence-electron chi connectivity index (χ4n) is 2.14. The van der Waals surface area contributed by atoms with Crippen LogP contribution in [0.2, 0.25) is 0 Å². The van der Waals surface area contributed by atoms with Crippen LogP contribution in [0.25, 0.3) is 0 Å². The number of nitrogens with zero attached hydrogens (tertiary/aromatic N) is 1. The molecular weight excluding hydrogens is 290 g/mol. The molecule has 2 N–H and O–H groups in total. The Kier molecular flexibility index (Phi) is 4.98. The Morgan fingerprint density at radius 3 is 2.33 bits per heavy atom. The largest absolute Gasteiger partial charge is 0.389 e. The van der Waals surface area contributed by atoms with E-state index in [1.807, 2.05) is 36.2 Å². The molecule has 0 saturated carbocycles. The molecule has 0 spiro atoms. The van der Waals surface area contributed by atoms with Crippen molar-refractivity contribution >= 4 is 17.2 Å². The van der Waals surface area contributed by atoms with Gasteiger partial charge in [0.1, 0.15) is 4.99 Å². The Morgan fingerprint density at radius 1 is 1.05 bits per heavy atom. The maximum atomic E-state index is 13.2. The molecule has 21 heavy (non-hydrogen) atoms.